The Bertz CT molecular complexity index is 264. The van der Waals surface area contributed by atoms with E-state index < -0.39 is 17.9 Å². The molecule has 0 fully saturated rings. The van der Waals surface area contributed by atoms with Gasteiger partial charge in [-0.3, -0.25) is 9.59 Å². The second-order valence-electron chi connectivity index (χ2n) is 2.12. The maximum absolute atomic E-state index is 10.8. The highest BCUT2D eigenvalue weighted by Crippen LogP contribution is 1.89. The fourth-order valence-corrected chi connectivity index (χ4v) is 0.396. The van der Waals surface area contributed by atoms with E-state index in [9.17, 15) is 9.59 Å². The van der Waals surface area contributed by atoms with Crippen molar-refractivity contribution in [2.45, 2.75) is 13.0 Å². The summed E-state index contributed by atoms with van der Waals surface area (Å²) in [6.07, 6.45) is 0. The van der Waals surface area contributed by atoms with Crippen LogP contribution in [0.15, 0.2) is 12.2 Å². The van der Waals surface area contributed by atoms with Gasteiger partial charge < -0.3 is 10.4 Å². The Hall–Kier alpha value is -1.83. The molecule has 0 radical (unpaired) electrons. The minimum absolute atomic E-state index is 0.303. The van der Waals surface area contributed by atoms with E-state index in [4.69, 9.17) is 10.4 Å². The average molecular weight is 168 g/mol. The summed E-state index contributed by atoms with van der Waals surface area (Å²) in [6.45, 7) is 4.42. The molecule has 0 heterocycles. The molecule has 0 rings (SSSR count). The lowest BCUT2D eigenvalue weighted by Gasteiger charge is -2.06. The van der Waals surface area contributed by atoms with Crippen molar-refractivity contribution in [3.8, 4) is 6.07 Å². The highest BCUT2D eigenvalue weighted by Gasteiger charge is 2.15. The first-order valence-corrected chi connectivity index (χ1v) is 3.11. The van der Waals surface area contributed by atoms with E-state index in [-0.39, 0.29) is 5.57 Å². The molecular formula is C7H8N2O3. The quantitative estimate of drug-likeness (QED) is 0.445. The summed E-state index contributed by atoms with van der Waals surface area (Å²) in [5, 5.41) is 18.6. The van der Waals surface area contributed by atoms with Crippen LogP contribution in [0.5, 0.6) is 0 Å². The van der Waals surface area contributed by atoms with Crippen molar-refractivity contribution in [2.75, 3.05) is 0 Å². The van der Waals surface area contributed by atoms with Crippen LogP contribution in [0.25, 0.3) is 0 Å². The minimum Gasteiger partial charge on any atom is -0.480 e. The molecule has 1 unspecified atom stereocenters. The van der Waals surface area contributed by atoms with E-state index in [1.807, 2.05) is 0 Å². The molecule has 12 heavy (non-hydrogen) atoms. The zero-order chi connectivity index (χ0) is 9.72. The topological polar surface area (TPSA) is 90.2 Å². The summed E-state index contributed by atoms with van der Waals surface area (Å²) in [7, 11) is 0. The van der Waals surface area contributed by atoms with E-state index in [1.165, 1.54) is 13.0 Å². The molecule has 0 saturated carbocycles. The first-order chi connectivity index (χ1) is 5.49. The highest BCUT2D eigenvalue weighted by molar-refractivity contribution is 5.98. The van der Waals surface area contributed by atoms with Crippen LogP contribution in [-0.4, -0.2) is 23.0 Å². The second-order valence-corrected chi connectivity index (χ2v) is 2.12. The molecule has 0 aromatic carbocycles. The summed E-state index contributed by atoms with van der Waals surface area (Å²) >= 11 is 0. The monoisotopic (exact) mass is 168 g/mol. The molecule has 2 N–H and O–H groups in total. The average Bonchev–Trinajstić information content (AvgIpc) is 2.02. The van der Waals surface area contributed by atoms with E-state index >= 15 is 0 Å². The summed E-state index contributed by atoms with van der Waals surface area (Å²) in [5.74, 6) is -1.92. The third-order valence-corrected chi connectivity index (χ3v) is 1.13. The van der Waals surface area contributed by atoms with Gasteiger partial charge >= 0.3 is 5.97 Å². The van der Waals surface area contributed by atoms with Crippen molar-refractivity contribution in [3.63, 3.8) is 0 Å². The summed E-state index contributed by atoms with van der Waals surface area (Å²) < 4.78 is 0. The Morgan fingerprint density at radius 1 is 1.67 bits per heavy atom. The van der Waals surface area contributed by atoms with Gasteiger partial charge in [-0.25, -0.2) is 0 Å². The number of carbonyl (C=O) groups excluding carboxylic acids is 1. The van der Waals surface area contributed by atoms with Crippen molar-refractivity contribution in [1.82, 2.24) is 5.32 Å². The van der Waals surface area contributed by atoms with E-state index in [0.29, 0.717) is 0 Å². The number of nitriles is 1. The molecule has 64 valence electrons. The van der Waals surface area contributed by atoms with Crippen LogP contribution in [-0.2, 0) is 9.59 Å². The molecule has 0 aliphatic carbocycles. The smallest absolute Gasteiger partial charge is 0.325 e. The van der Waals surface area contributed by atoms with Gasteiger partial charge in [0.2, 0.25) is 0 Å². The number of aliphatic carboxylic acids is 1. The van der Waals surface area contributed by atoms with Gasteiger partial charge in [-0.15, -0.1) is 0 Å². The highest BCUT2D eigenvalue weighted by atomic mass is 16.4. The first-order valence-electron chi connectivity index (χ1n) is 3.11. The molecule has 0 aromatic heterocycles. The summed E-state index contributed by atoms with van der Waals surface area (Å²) in [6, 6.07) is 0.498. The minimum atomic E-state index is -1.16. The van der Waals surface area contributed by atoms with Crippen LogP contribution in [0.3, 0.4) is 0 Å². The van der Waals surface area contributed by atoms with Gasteiger partial charge in [0.15, 0.2) is 0 Å². The Balaban J connectivity index is 4.13. The Morgan fingerprint density at radius 2 is 2.17 bits per heavy atom. The number of carboxylic acids is 1. The third-order valence-electron chi connectivity index (χ3n) is 1.13. The maximum atomic E-state index is 10.8. The third kappa shape index (κ3) is 2.84. The van der Waals surface area contributed by atoms with Crippen LogP contribution in [0.2, 0.25) is 0 Å². The van der Waals surface area contributed by atoms with Gasteiger partial charge in [0.05, 0.1) is 0 Å². The lowest BCUT2D eigenvalue weighted by molar-refractivity contribution is -0.140. The second kappa shape index (κ2) is 4.13. The number of hydrogen-bond acceptors (Lipinski definition) is 3. The van der Waals surface area contributed by atoms with Gasteiger partial charge in [-0.05, 0) is 6.92 Å². The summed E-state index contributed by atoms with van der Waals surface area (Å²) in [5.41, 5.74) is -0.303. The van der Waals surface area contributed by atoms with Crippen LogP contribution >= 0.6 is 0 Å². The largest absolute Gasteiger partial charge is 0.480 e. The molecule has 0 aliphatic heterocycles. The van der Waals surface area contributed by atoms with E-state index in [2.05, 4.69) is 11.9 Å². The number of amides is 1. The van der Waals surface area contributed by atoms with Crippen molar-refractivity contribution in [3.05, 3.63) is 12.2 Å². The molecule has 0 aliphatic rings. The van der Waals surface area contributed by atoms with E-state index in [0.717, 1.165) is 0 Å². The predicted octanol–water partition coefficient (Wildman–Crippen LogP) is -0.345. The predicted molar refractivity (Wildman–Crippen MR) is 40.0 cm³/mol. The van der Waals surface area contributed by atoms with Crippen LogP contribution in [0.4, 0.5) is 0 Å². The molecule has 1 amide bonds. The molecule has 0 bridgehead atoms. The van der Waals surface area contributed by atoms with Gasteiger partial charge in [0.1, 0.15) is 17.7 Å². The van der Waals surface area contributed by atoms with Crippen molar-refractivity contribution < 1.29 is 14.7 Å². The van der Waals surface area contributed by atoms with Crippen molar-refractivity contribution in [1.29, 1.82) is 5.26 Å². The Kier molecular flexibility index (Phi) is 3.50. The van der Waals surface area contributed by atoms with Crippen LogP contribution in [0.1, 0.15) is 6.92 Å². The summed E-state index contributed by atoms with van der Waals surface area (Å²) in [4.78, 5) is 21.0. The molecule has 5 nitrogen and oxygen atoms in total. The lowest BCUT2D eigenvalue weighted by Crippen LogP contribution is -2.38. The van der Waals surface area contributed by atoms with Crippen LogP contribution in [0, 0.1) is 11.3 Å². The van der Waals surface area contributed by atoms with Gasteiger partial charge in [0.25, 0.3) is 5.91 Å². The van der Waals surface area contributed by atoms with Gasteiger partial charge in [-0.2, -0.15) is 5.26 Å². The standard InChI is InChI=1S/C7H8N2O3/c1-4(3-8)6(10)9-5(2)7(11)12/h5H,1H2,2H3,(H,9,10)(H,11,12). The van der Waals surface area contributed by atoms with Gasteiger partial charge in [0, 0.05) is 0 Å². The number of rotatable bonds is 3. The van der Waals surface area contributed by atoms with Gasteiger partial charge in [-0.1, -0.05) is 6.58 Å². The SMILES string of the molecule is C=C(C#N)C(=O)NC(C)C(=O)O. The number of nitrogens with zero attached hydrogens (tertiary/aromatic N) is 1. The number of carboxylic acid groups (broad SMARTS) is 1. The zero-order valence-corrected chi connectivity index (χ0v) is 6.50. The number of nitrogens with one attached hydrogen (secondary N) is 1. The molecular weight excluding hydrogens is 160 g/mol. The number of hydrogen-bond donors (Lipinski definition) is 2. The Labute approximate surface area is 69.3 Å². The fraction of sp³-hybridized carbons (Fsp3) is 0.286. The Morgan fingerprint density at radius 3 is 2.50 bits per heavy atom. The van der Waals surface area contributed by atoms with Crippen molar-refractivity contribution in [2.24, 2.45) is 0 Å². The normalized spacial score (nSPS) is 11.0. The first kappa shape index (κ1) is 10.2. The molecule has 0 spiro atoms. The van der Waals surface area contributed by atoms with E-state index in [1.54, 1.807) is 0 Å². The lowest BCUT2D eigenvalue weighted by atomic mass is 10.3. The maximum Gasteiger partial charge on any atom is 0.325 e. The fourth-order valence-electron chi connectivity index (χ4n) is 0.396. The number of carbonyl (C=O) groups is 2. The molecule has 0 aromatic rings. The molecule has 0 saturated heterocycles. The molecule has 5 heteroatoms. The molecule has 1 atom stereocenters. The van der Waals surface area contributed by atoms with Crippen molar-refractivity contribution >= 4 is 11.9 Å². The zero-order valence-electron chi connectivity index (χ0n) is 6.50. The van der Waals surface area contributed by atoms with Crippen LogP contribution < -0.4 is 5.32 Å².